The Hall–Kier alpha value is -0.800. The molecule has 0 spiro atoms. The second kappa shape index (κ2) is 1.77. The molecule has 0 aromatic carbocycles. The van der Waals surface area contributed by atoms with Gasteiger partial charge in [-0.15, -0.1) is 9.81 Å². The molecule has 0 heterocycles. The van der Waals surface area contributed by atoms with Crippen molar-refractivity contribution in [2.45, 2.75) is 19.5 Å². The molecule has 0 N–H and O–H groups in total. The van der Waals surface area contributed by atoms with Gasteiger partial charge >= 0.3 is 0 Å². The Balaban J connectivity index is 3.82. The molecule has 0 bridgehead atoms. The van der Waals surface area contributed by atoms with E-state index in [1.165, 1.54) is 13.8 Å². The molecule has 40 valence electrons. The molecule has 0 saturated carbocycles. The van der Waals surface area contributed by atoms with E-state index in [1.807, 2.05) is 0 Å². The van der Waals surface area contributed by atoms with Gasteiger partial charge in [0.2, 0.25) is 5.66 Å². The van der Waals surface area contributed by atoms with Gasteiger partial charge < -0.3 is 0 Å². The van der Waals surface area contributed by atoms with E-state index >= 15 is 0 Å². The van der Waals surface area contributed by atoms with Gasteiger partial charge in [-0.25, -0.2) is 0 Å². The summed E-state index contributed by atoms with van der Waals surface area (Å²) < 4.78 is 0. The maximum Gasteiger partial charge on any atom is 0.226 e. The number of nitrogens with zero attached hydrogens (tertiary/aromatic N) is 2. The summed E-state index contributed by atoms with van der Waals surface area (Å²) in [7, 11) is 0. The Morgan fingerprint density at radius 1 is 1.14 bits per heavy atom. The predicted octanol–water partition coefficient (Wildman–Crippen LogP) is 1.26. The maximum atomic E-state index is 9.51. The van der Waals surface area contributed by atoms with Crippen LogP contribution < -0.4 is 0 Å². The van der Waals surface area contributed by atoms with Crippen LogP contribution in [0.15, 0.2) is 10.4 Å². The second-order valence-electron chi connectivity index (χ2n) is 1.68. The van der Waals surface area contributed by atoms with Crippen LogP contribution in [0.1, 0.15) is 13.8 Å². The van der Waals surface area contributed by atoms with Crippen LogP contribution in [-0.2, 0) is 0 Å². The molecule has 0 fully saturated rings. The number of hydrogen-bond acceptors (Lipinski definition) is 4. The molecule has 4 nitrogen and oxygen atoms in total. The van der Waals surface area contributed by atoms with Crippen LogP contribution in [0.3, 0.4) is 0 Å². The van der Waals surface area contributed by atoms with Crippen LogP contribution in [0.5, 0.6) is 0 Å². The standard InChI is InChI=1S/C3H6N2O2/c1-3(2,4-6)5-7/h1-2H3. The molecule has 0 aromatic heterocycles. The third-order valence-corrected chi connectivity index (χ3v) is 0.447. The molecule has 4 heteroatoms. The zero-order valence-electron chi connectivity index (χ0n) is 4.21. The fourth-order valence-corrected chi connectivity index (χ4v) is 0.0167. The molecule has 0 aromatic rings. The summed E-state index contributed by atoms with van der Waals surface area (Å²) in [6, 6.07) is 0. The molecule has 0 aliphatic rings. The van der Waals surface area contributed by atoms with Crippen molar-refractivity contribution in [1.82, 2.24) is 0 Å². The van der Waals surface area contributed by atoms with Gasteiger partial charge in [-0.2, -0.15) is 0 Å². The molecule has 0 saturated heterocycles. The quantitative estimate of drug-likeness (QED) is 0.492. The summed E-state index contributed by atoms with van der Waals surface area (Å²) in [4.78, 5) is 19.0. The van der Waals surface area contributed by atoms with E-state index in [4.69, 9.17) is 0 Å². The first-order chi connectivity index (χ1) is 3.12. The normalized spacial score (nSPS) is 10.6. The Kier molecular flexibility index (Phi) is 1.57. The van der Waals surface area contributed by atoms with Crippen LogP contribution in [0.4, 0.5) is 0 Å². The minimum absolute atomic E-state index is 1.28. The van der Waals surface area contributed by atoms with E-state index in [2.05, 4.69) is 10.4 Å². The Morgan fingerprint density at radius 3 is 1.43 bits per heavy atom. The number of rotatable bonds is 2. The first kappa shape index (κ1) is 6.20. The third kappa shape index (κ3) is 1.97. The van der Waals surface area contributed by atoms with Crippen molar-refractivity contribution in [3.05, 3.63) is 9.81 Å². The Bertz CT molecular complexity index is 78.9. The van der Waals surface area contributed by atoms with Gasteiger partial charge in [-0.1, -0.05) is 0 Å². The largest absolute Gasteiger partial charge is 0.226 e. The lowest BCUT2D eigenvalue weighted by molar-refractivity contribution is 0.543. The van der Waals surface area contributed by atoms with Crippen molar-refractivity contribution in [2.24, 2.45) is 10.4 Å². The molecule has 0 amide bonds. The summed E-state index contributed by atoms with van der Waals surface area (Å²) in [6.07, 6.45) is 0. The molecule has 0 atom stereocenters. The van der Waals surface area contributed by atoms with Gasteiger partial charge in [-0.3, -0.25) is 0 Å². The zero-order valence-corrected chi connectivity index (χ0v) is 4.21. The molecule has 0 unspecified atom stereocenters. The molecule has 0 rings (SSSR count). The lowest BCUT2D eigenvalue weighted by atomic mass is 10.3. The molecule has 0 radical (unpaired) electrons. The molecule has 0 aliphatic carbocycles. The van der Waals surface area contributed by atoms with Gasteiger partial charge in [0.1, 0.15) is 0 Å². The average Bonchev–Trinajstić information content (AvgIpc) is 1.68. The molecule has 7 heavy (non-hydrogen) atoms. The minimum Gasteiger partial charge on any atom is -0.148 e. The zero-order chi connectivity index (χ0) is 5.91. The van der Waals surface area contributed by atoms with Crippen molar-refractivity contribution < 1.29 is 0 Å². The van der Waals surface area contributed by atoms with E-state index in [0.717, 1.165) is 0 Å². The molecular weight excluding hydrogens is 96.0 g/mol. The smallest absolute Gasteiger partial charge is 0.148 e. The summed E-state index contributed by atoms with van der Waals surface area (Å²) in [5, 5.41) is 4.82. The maximum absolute atomic E-state index is 9.51. The average molecular weight is 102 g/mol. The van der Waals surface area contributed by atoms with E-state index in [0.29, 0.717) is 0 Å². The van der Waals surface area contributed by atoms with Crippen molar-refractivity contribution >= 4 is 0 Å². The van der Waals surface area contributed by atoms with Crippen LogP contribution in [0.2, 0.25) is 0 Å². The van der Waals surface area contributed by atoms with E-state index < -0.39 is 5.66 Å². The topological polar surface area (TPSA) is 58.9 Å². The monoisotopic (exact) mass is 102 g/mol. The highest BCUT2D eigenvalue weighted by Crippen LogP contribution is 2.07. The predicted molar refractivity (Wildman–Crippen MR) is 25.7 cm³/mol. The fourth-order valence-electron chi connectivity index (χ4n) is 0.0167. The summed E-state index contributed by atoms with van der Waals surface area (Å²) >= 11 is 0. The van der Waals surface area contributed by atoms with Crippen LogP contribution in [0.25, 0.3) is 0 Å². The van der Waals surface area contributed by atoms with Crippen molar-refractivity contribution in [3.63, 3.8) is 0 Å². The van der Waals surface area contributed by atoms with Gasteiger partial charge in [0.05, 0.1) is 0 Å². The number of nitroso groups, excluding NO2 is 2. The lowest BCUT2D eigenvalue weighted by Gasteiger charge is -1.98. The van der Waals surface area contributed by atoms with Gasteiger partial charge in [-0.05, 0) is 24.2 Å². The number of hydrogen-bond donors (Lipinski definition) is 0. The highest BCUT2D eigenvalue weighted by atomic mass is 16.3. The van der Waals surface area contributed by atoms with Crippen molar-refractivity contribution in [1.29, 1.82) is 0 Å². The lowest BCUT2D eigenvalue weighted by Crippen LogP contribution is -2.08. The van der Waals surface area contributed by atoms with Crippen LogP contribution in [-0.4, -0.2) is 5.66 Å². The van der Waals surface area contributed by atoms with Gasteiger partial charge in [0.15, 0.2) is 0 Å². The fraction of sp³-hybridized carbons (Fsp3) is 1.00. The first-order valence-electron chi connectivity index (χ1n) is 1.81. The SMILES string of the molecule is CC(C)(N=O)N=O. The highest BCUT2D eigenvalue weighted by Gasteiger charge is 2.16. The van der Waals surface area contributed by atoms with Gasteiger partial charge in [0, 0.05) is 0 Å². The molecular formula is C3H6N2O2. The van der Waals surface area contributed by atoms with E-state index in [9.17, 15) is 9.81 Å². The summed E-state index contributed by atoms with van der Waals surface area (Å²) in [5.74, 6) is 0. The Labute approximate surface area is 40.9 Å². The molecule has 0 aliphatic heterocycles. The van der Waals surface area contributed by atoms with Crippen molar-refractivity contribution in [3.8, 4) is 0 Å². The van der Waals surface area contributed by atoms with Crippen LogP contribution in [0, 0.1) is 9.81 Å². The first-order valence-corrected chi connectivity index (χ1v) is 1.81. The van der Waals surface area contributed by atoms with Crippen LogP contribution >= 0.6 is 0 Å². The summed E-state index contributed by atoms with van der Waals surface area (Å²) in [6.45, 7) is 2.68. The van der Waals surface area contributed by atoms with Gasteiger partial charge in [0.25, 0.3) is 0 Å². The Morgan fingerprint density at radius 2 is 1.43 bits per heavy atom. The highest BCUT2D eigenvalue weighted by molar-refractivity contribution is 4.70. The van der Waals surface area contributed by atoms with Crippen molar-refractivity contribution in [2.75, 3.05) is 0 Å². The van der Waals surface area contributed by atoms with E-state index in [-0.39, 0.29) is 0 Å². The second-order valence-corrected chi connectivity index (χ2v) is 1.68. The minimum atomic E-state index is -1.28. The third-order valence-electron chi connectivity index (χ3n) is 0.447. The van der Waals surface area contributed by atoms with E-state index in [1.54, 1.807) is 0 Å². The summed E-state index contributed by atoms with van der Waals surface area (Å²) in [5.41, 5.74) is -1.28.